The van der Waals surface area contributed by atoms with Crippen LogP contribution in [-0.2, 0) is 14.3 Å². The first-order chi connectivity index (χ1) is 14.5. The Labute approximate surface area is 174 Å². The molecule has 1 fully saturated rings. The number of piperidine rings is 1. The summed E-state index contributed by atoms with van der Waals surface area (Å²) >= 11 is 0. The topological polar surface area (TPSA) is 72.9 Å². The zero-order chi connectivity index (χ0) is 21.5. The van der Waals surface area contributed by atoms with Gasteiger partial charge in [-0.1, -0.05) is 0 Å². The molecule has 30 heavy (non-hydrogen) atoms. The molecule has 7 heteroatoms. The molecule has 158 valence electrons. The SMILES string of the molecule is CCOC(=O)[C@@H]1CCCN(C(=O)COc2ccc(C(=O)c3ccc(F)cc3)cc2)C1. The van der Waals surface area contributed by atoms with Crippen LogP contribution in [0, 0.1) is 11.7 Å². The van der Waals surface area contributed by atoms with Crippen molar-refractivity contribution in [3.63, 3.8) is 0 Å². The highest BCUT2D eigenvalue weighted by atomic mass is 19.1. The fourth-order valence-electron chi connectivity index (χ4n) is 3.36. The number of nitrogens with zero attached hydrogens (tertiary/aromatic N) is 1. The number of amides is 1. The van der Waals surface area contributed by atoms with Gasteiger partial charge in [-0.05, 0) is 68.3 Å². The molecule has 0 bridgehead atoms. The van der Waals surface area contributed by atoms with Crippen LogP contribution in [0.2, 0.25) is 0 Å². The van der Waals surface area contributed by atoms with Crippen LogP contribution in [0.25, 0.3) is 0 Å². The predicted molar refractivity (Wildman–Crippen MR) is 108 cm³/mol. The van der Waals surface area contributed by atoms with Crippen LogP contribution in [0.15, 0.2) is 48.5 Å². The van der Waals surface area contributed by atoms with Crippen molar-refractivity contribution in [3.05, 3.63) is 65.5 Å². The number of ketones is 1. The molecule has 2 aromatic rings. The third-order valence-electron chi connectivity index (χ3n) is 4.98. The van der Waals surface area contributed by atoms with Crippen LogP contribution in [0.3, 0.4) is 0 Å². The van der Waals surface area contributed by atoms with Gasteiger partial charge >= 0.3 is 5.97 Å². The number of likely N-dealkylation sites (tertiary alicyclic amines) is 1. The van der Waals surface area contributed by atoms with Crippen molar-refractivity contribution < 1.29 is 28.2 Å². The van der Waals surface area contributed by atoms with Crippen molar-refractivity contribution in [2.75, 3.05) is 26.3 Å². The van der Waals surface area contributed by atoms with E-state index in [9.17, 15) is 18.8 Å². The van der Waals surface area contributed by atoms with E-state index in [-0.39, 0.29) is 30.2 Å². The van der Waals surface area contributed by atoms with Crippen LogP contribution in [0.4, 0.5) is 4.39 Å². The fraction of sp³-hybridized carbons (Fsp3) is 0.348. The first-order valence-corrected chi connectivity index (χ1v) is 9.95. The second kappa shape index (κ2) is 10.0. The van der Waals surface area contributed by atoms with Gasteiger partial charge in [-0.25, -0.2) is 4.39 Å². The monoisotopic (exact) mass is 413 g/mol. The minimum atomic E-state index is -0.401. The molecule has 1 saturated heterocycles. The molecular weight excluding hydrogens is 389 g/mol. The van der Waals surface area contributed by atoms with Gasteiger partial charge in [0.05, 0.1) is 12.5 Å². The van der Waals surface area contributed by atoms with Gasteiger partial charge in [-0.15, -0.1) is 0 Å². The third kappa shape index (κ3) is 5.43. The van der Waals surface area contributed by atoms with Crippen molar-refractivity contribution in [2.24, 2.45) is 5.92 Å². The summed E-state index contributed by atoms with van der Waals surface area (Å²) in [5.41, 5.74) is 0.829. The Bertz CT molecular complexity index is 895. The number of halogens is 1. The van der Waals surface area contributed by atoms with Crippen molar-refractivity contribution in [2.45, 2.75) is 19.8 Å². The molecular formula is C23H24FNO5. The van der Waals surface area contributed by atoms with E-state index in [1.54, 1.807) is 36.1 Å². The van der Waals surface area contributed by atoms with E-state index < -0.39 is 5.82 Å². The molecule has 3 rings (SSSR count). The van der Waals surface area contributed by atoms with Crippen LogP contribution < -0.4 is 4.74 Å². The summed E-state index contributed by atoms with van der Waals surface area (Å²) in [6, 6.07) is 11.8. The number of carbonyl (C=O) groups is 3. The van der Waals surface area contributed by atoms with Crippen LogP contribution >= 0.6 is 0 Å². The highest BCUT2D eigenvalue weighted by Crippen LogP contribution is 2.19. The van der Waals surface area contributed by atoms with Crippen LogP contribution in [0.5, 0.6) is 5.75 Å². The molecule has 0 aliphatic carbocycles. The van der Waals surface area contributed by atoms with Gasteiger partial charge in [0.25, 0.3) is 5.91 Å². The average Bonchev–Trinajstić information content (AvgIpc) is 2.78. The smallest absolute Gasteiger partial charge is 0.310 e. The van der Waals surface area contributed by atoms with Gasteiger partial charge in [-0.2, -0.15) is 0 Å². The Balaban J connectivity index is 1.53. The second-order valence-electron chi connectivity index (χ2n) is 7.08. The predicted octanol–water partition coefficient (Wildman–Crippen LogP) is 3.24. The lowest BCUT2D eigenvalue weighted by Crippen LogP contribution is -2.44. The van der Waals surface area contributed by atoms with E-state index >= 15 is 0 Å². The van der Waals surface area contributed by atoms with Gasteiger partial charge in [0.1, 0.15) is 11.6 Å². The molecule has 1 aliphatic rings. The van der Waals surface area contributed by atoms with Gasteiger partial charge in [-0.3, -0.25) is 14.4 Å². The van der Waals surface area contributed by atoms with Gasteiger partial charge in [0.15, 0.2) is 12.4 Å². The summed E-state index contributed by atoms with van der Waals surface area (Å²) in [6.45, 7) is 2.86. The van der Waals surface area contributed by atoms with Crippen LogP contribution in [-0.4, -0.2) is 48.9 Å². The first kappa shape index (κ1) is 21.5. The van der Waals surface area contributed by atoms with Gasteiger partial charge in [0.2, 0.25) is 0 Å². The molecule has 1 atom stereocenters. The highest BCUT2D eigenvalue weighted by Gasteiger charge is 2.29. The van der Waals surface area contributed by atoms with E-state index in [0.29, 0.717) is 43.0 Å². The number of carbonyl (C=O) groups excluding carboxylic acids is 3. The molecule has 0 aromatic heterocycles. The second-order valence-corrected chi connectivity index (χ2v) is 7.08. The number of esters is 1. The molecule has 2 aromatic carbocycles. The minimum Gasteiger partial charge on any atom is -0.484 e. The van der Waals surface area contributed by atoms with Crippen molar-refractivity contribution in [1.82, 2.24) is 4.90 Å². The minimum absolute atomic E-state index is 0.152. The third-order valence-corrected chi connectivity index (χ3v) is 4.98. The molecule has 0 spiro atoms. The Kier molecular flexibility index (Phi) is 7.17. The molecule has 0 radical (unpaired) electrons. The quantitative estimate of drug-likeness (QED) is 0.515. The number of benzene rings is 2. The van der Waals surface area contributed by atoms with E-state index in [0.717, 1.165) is 6.42 Å². The highest BCUT2D eigenvalue weighted by molar-refractivity contribution is 6.09. The van der Waals surface area contributed by atoms with Crippen LogP contribution in [0.1, 0.15) is 35.7 Å². The average molecular weight is 413 g/mol. The van der Waals surface area contributed by atoms with E-state index in [1.165, 1.54) is 24.3 Å². The Morgan fingerprint density at radius 3 is 2.30 bits per heavy atom. The number of rotatable bonds is 7. The van der Waals surface area contributed by atoms with Crippen molar-refractivity contribution in [3.8, 4) is 5.75 Å². The molecule has 6 nitrogen and oxygen atoms in total. The number of hydrogen-bond donors (Lipinski definition) is 0. The first-order valence-electron chi connectivity index (χ1n) is 9.95. The Hall–Kier alpha value is -3.22. The summed E-state index contributed by atoms with van der Waals surface area (Å²) in [4.78, 5) is 38.4. The normalized spacial score (nSPS) is 16.1. The van der Waals surface area contributed by atoms with Crippen molar-refractivity contribution >= 4 is 17.7 Å². The molecule has 1 aliphatic heterocycles. The summed E-state index contributed by atoms with van der Waals surface area (Å²) in [5, 5.41) is 0. The number of ether oxygens (including phenoxy) is 2. The largest absolute Gasteiger partial charge is 0.484 e. The molecule has 1 heterocycles. The zero-order valence-electron chi connectivity index (χ0n) is 16.8. The summed E-state index contributed by atoms with van der Waals surface area (Å²) in [7, 11) is 0. The maximum Gasteiger partial charge on any atom is 0.310 e. The number of hydrogen-bond acceptors (Lipinski definition) is 5. The van der Waals surface area contributed by atoms with E-state index in [4.69, 9.17) is 9.47 Å². The fourth-order valence-corrected chi connectivity index (χ4v) is 3.36. The molecule has 0 N–H and O–H groups in total. The molecule has 1 amide bonds. The maximum absolute atomic E-state index is 13.0. The molecule has 0 unspecified atom stereocenters. The summed E-state index contributed by atoms with van der Waals surface area (Å²) in [5.74, 6) is -0.927. The van der Waals surface area contributed by atoms with E-state index in [2.05, 4.69) is 0 Å². The Morgan fingerprint density at radius 1 is 1.03 bits per heavy atom. The lowest BCUT2D eigenvalue weighted by molar-refractivity contribution is -0.151. The standard InChI is InChI=1S/C23H24FNO5/c1-2-29-23(28)18-4-3-13-25(14-18)21(26)15-30-20-11-7-17(8-12-20)22(27)16-5-9-19(24)10-6-16/h5-12,18H,2-4,13-15H2,1H3/t18-/m1/s1. The van der Waals surface area contributed by atoms with E-state index in [1.807, 2.05) is 0 Å². The van der Waals surface area contributed by atoms with Gasteiger partial charge < -0.3 is 14.4 Å². The lowest BCUT2D eigenvalue weighted by atomic mass is 9.98. The summed E-state index contributed by atoms with van der Waals surface area (Å²) < 4.78 is 23.6. The maximum atomic E-state index is 13.0. The Morgan fingerprint density at radius 2 is 1.67 bits per heavy atom. The summed E-state index contributed by atoms with van der Waals surface area (Å²) in [6.07, 6.45) is 1.46. The van der Waals surface area contributed by atoms with Crippen molar-refractivity contribution in [1.29, 1.82) is 0 Å². The lowest BCUT2D eigenvalue weighted by Gasteiger charge is -2.31. The zero-order valence-corrected chi connectivity index (χ0v) is 16.8. The molecule has 0 saturated carbocycles. The van der Waals surface area contributed by atoms with Gasteiger partial charge in [0, 0.05) is 24.2 Å².